The Morgan fingerprint density at radius 3 is 2.94 bits per heavy atom. The Labute approximate surface area is 109 Å². The van der Waals surface area contributed by atoms with E-state index in [1.54, 1.807) is 0 Å². The Kier molecular flexibility index (Phi) is 5.36. The van der Waals surface area contributed by atoms with E-state index in [2.05, 4.69) is 46.8 Å². The molecule has 1 aromatic carbocycles. The summed E-state index contributed by atoms with van der Waals surface area (Å²) in [4.78, 5) is 2.57. The number of piperazine rings is 1. The van der Waals surface area contributed by atoms with Gasteiger partial charge in [-0.3, -0.25) is 4.90 Å². The van der Waals surface area contributed by atoms with Gasteiger partial charge in [0.05, 0.1) is 0 Å². The molecular weight excluding hydrogens is 228 g/mol. The molecule has 1 aliphatic rings. The summed E-state index contributed by atoms with van der Waals surface area (Å²) in [5.41, 5.74) is 1.43. The lowest BCUT2D eigenvalue weighted by atomic mass is 10.1. The molecule has 1 N–H and O–H groups in total. The van der Waals surface area contributed by atoms with Crippen LogP contribution in [0, 0.1) is 0 Å². The molecule has 0 aromatic heterocycles. The Morgan fingerprint density at radius 2 is 2.18 bits per heavy atom. The summed E-state index contributed by atoms with van der Waals surface area (Å²) >= 11 is 1.94. The average molecular weight is 250 g/mol. The van der Waals surface area contributed by atoms with Gasteiger partial charge >= 0.3 is 0 Å². The first-order chi connectivity index (χ1) is 8.38. The van der Waals surface area contributed by atoms with Crippen LogP contribution < -0.4 is 5.32 Å². The highest BCUT2D eigenvalue weighted by molar-refractivity contribution is 7.98. The summed E-state index contributed by atoms with van der Waals surface area (Å²) in [6, 6.07) is 11.5. The minimum Gasteiger partial charge on any atom is -0.311 e. The summed E-state index contributed by atoms with van der Waals surface area (Å²) in [6.45, 7) is 4.59. The number of hydrogen-bond acceptors (Lipinski definition) is 3. The second-order valence-corrected chi connectivity index (χ2v) is 5.64. The molecular formula is C14H22N2S. The van der Waals surface area contributed by atoms with E-state index in [1.807, 2.05) is 11.8 Å². The monoisotopic (exact) mass is 250 g/mol. The number of thioether (sulfide) groups is 1. The molecule has 1 heterocycles. The highest BCUT2D eigenvalue weighted by Crippen LogP contribution is 2.10. The van der Waals surface area contributed by atoms with Crippen LogP contribution in [0.25, 0.3) is 0 Å². The molecule has 0 amide bonds. The van der Waals surface area contributed by atoms with Gasteiger partial charge in [-0.2, -0.15) is 11.8 Å². The Balaban J connectivity index is 1.81. The highest BCUT2D eigenvalue weighted by Gasteiger charge is 2.18. The lowest BCUT2D eigenvalue weighted by molar-refractivity contribution is 0.190. The molecule has 1 aromatic rings. The van der Waals surface area contributed by atoms with E-state index in [9.17, 15) is 0 Å². The number of rotatable bonds is 5. The maximum absolute atomic E-state index is 3.61. The van der Waals surface area contributed by atoms with E-state index in [0.717, 1.165) is 13.1 Å². The zero-order chi connectivity index (χ0) is 11.9. The van der Waals surface area contributed by atoms with E-state index >= 15 is 0 Å². The fourth-order valence-corrected chi connectivity index (χ4v) is 2.85. The SMILES string of the molecule is CSCCC1CN(Cc2ccccc2)CCN1. The van der Waals surface area contributed by atoms with Crippen molar-refractivity contribution < 1.29 is 0 Å². The van der Waals surface area contributed by atoms with Crippen molar-refractivity contribution in [2.75, 3.05) is 31.6 Å². The van der Waals surface area contributed by atoms with Crippen LogP contribution >= 0.6 is 11.8 Å². The zero-order valence-corrected chi connectivity index (χ0v) is 11.4. The molecule has 2 nitrogen and oxygen atoms in total. The molecule has 1 aliphatic heterocycles. The summed E-state index contributed by atoms with van der Waals surface area (Å²) in [7, 11) is 0. The van der Waals surface area contributed by atoms with Gasteiger partial charge in [0.25, 0.3) is 0 Å². The first-order valence-corrected chi connectivity index (χ1v) is 7.76. The van der Waals surface area contributed by atoms with Crippen molar-refractivity contribution in [2.45, 2.75) is 19.0 Å². The fourth-order valence-electron chi connectivity index (χ4n) is 2.33. The molecule has 0 bridgehead atoms. The lowest BCUT2D eigenvalue weighted by Crippen LogP contribution is -2.50. The third-order valence-corrected chi connectivity index (χ3v) is 3.90. The molecule has 1 saturated heterocycles. The molecule has 1 fully saturated rings. The van der Waals surface area contributed by atoms with Crippen molar-refractivity contribution in [1.29, 1.82) is 0 Å². The summed E-state index contributed by atoms with van der Waals surface area (Å²) in [5.74, 6) is 1.26. The number of benzene rings is 1. The Morgan fingerprint density at radius 1 is 1.35 bits per heavy atom. The number of nitrogens with zero attached hydrogens (tertiary/aromatic N) is 1. The number of nitrogens with one attached hydrogen (secondary N) is 1. The second kappa shape index (κ2) is 7.04. The predicted molar refractivity (Wildman–Crippen MR) is 76.5 cm³/mol. The van der Waals surface area contributed by atoms with Crippen LogP contribution in [0.1, 0.15) is 12.0 Å². The van der Waals surface area contributed by atoms with Gasteiger partial charge in [0, 0.05) is 32.2 Å². The molecule has 2 rings (SSSR count). The van der Waals surface area contributed by atoms with Crippen LogP contribution in [0.5, 0.6) is 0 Å². The van der Waals surface area contributed by atoms with Crippen LogP contribution in [0.15, 0.2) is 30.3 Å². The van der Waals surface area contributed by atoms with Gasteiger partial charge in [0.1, 0.15) is 0 Å². The minimum absolute atomic E-state index is 0.680. The van der Waals surface area contributed by atoms with Crippen molar-refractivity contribution in [1.82, 2.24) is 10.2 Å². The van der Waals surface area contributed by atoms with E-state index in [1.165, 1.54) is 30.8 Å². The molecule has 0 spiro atoms. The lowest BCUT2D eigenvalue weighted by Gasteiger charge is -2.33. The van der Waals surface area contributed by atoms with E-state index < -0.39 is 0 Å². The topological polar surface area (TPSA) is 15.3 Å². The van der Waals surface area contributed by atoms with Crippen LogP contribution in [-0.2, 0) is 6.54 Å². The van der Waals surface area contributed by atoms with E-state index in [-0.39, 0.29) is 0 Å². The Hall–Kier alpha value is -0.510. The maximum atomic E-state index is 3.61. The Bertz CT molecular complexity index is 315. The first-order valence-electron chi connectivity index (χ1n) is 6.37. The van der Waals surface area contributed by atoms with Gasteiger partial charge in [-0.15, -0.1) is 0 Å². The molecule has 1 unspecified atom stereocenters. The molecule has 0 saturated carbocycles. The minimum atomic E-state index is 0.680. The summed E-state index contributed by atoms with van der Waals surface area (Å²) in [6.07, 6.45) is 3.47. The van der Waals surface area contributed by atoms with Crippen molar-refractivity contribution in [3.05, 3.63) is 35.9 Å². The molecule has 94 valence electrons. The molecule has 3 heteroatoms. The van der Waals surface area contributed by atoms with Gasteiger partial charge in [0.2, 0.25) is 0 Å². The maximum Gasteiger partial charge on any atom is 0.0234 e. The van der Waals surface area contributed by atoms with Gasteiger partial charge < -0.3 is 5.32 Å². The first kappa shape index (κ1) is 12.9. The summed E-state index contributed by atoms with van der Waals surface area (Å²) < 4.78 is 0. The smallest absolute Gasteiger partial charge is 0.0234 e. The molecule has 17 heavy (non-hydrogen) atoms. The number of hydrogen-bond donors (Lipinski definition) is 1. The average Bonchev–Trinajstić information content (AvgIpc) is 2.38. The zero-order valence-electron chi connectivity index (χ0n) is 10.6. The van der Waals surface area contributed by atoms with Crippen molar-refractivity contribution >= 4 is 11.8 Å². The van der Waals surface area contributed by atoms with E-state index in [4.69, 9.17) is 0 Å². The molecule has 0 radical (unpaired) electrons. The summed E-state index contributed by atoms with van der Waals surface area (Å²) in [5, 5.41) is 3.61. The molecule has 1 atom stereocenters. The van der Waals surface area contributed by atoms with Crippen LogP contribution in [-0.4, -0.2) is 42.6 Å². The van der Waals surface area contributed by atoms with Crippen molar-refractivity contribution in [3.8, 4) is 0 Å². The van der Waals surface area contributed by atoms with Gasteiger partial charge in [-0.25, -0.2) is 0 Å². The normalized spacial score (nSPS) is 21.6. The molecule has 0 aliphatic carbocycles. The largest absolute Gasteiger partial charge is 0.311 e. The van der Waals surface area contributed by atoms with Gasteiger partial charge in [0.15, 0.2) is 0 Å². The third kappa shape index (κ3) is 4.34. The quantitative estimate of drug-likeness (QED) is 0.862. The van der Waals surface area contributed by atoms with Crippen LogP contribution in [0.4, 0.5) is 0 Å². The van der Waals surface area contributed by atoms with Crippen molar-refractivity contribution in [2.24, 2.45) is 0 Å². The van der Waals surface area contributed by atoms with Crippen LogP contribution in [0.3, 0.4) is 0 Å². The van der Waals surface area contributed by atoms with Gasteiger partial charge in [-0.1, -0.05) is 30.3 Å². The fraction of sp³-hybridized carbons (Fsp3) is 0.571. The van der Waals surface area contributed by atoms with Gasteiger partial charge in [-0.05, 0) is 24.0 Å². The highest BCUT2D eigenvalue weighted by atomic mass is 32.2. The van der Waals surface area contributed by atoms with Crippen molar-refractivity contribution in [3.63, 3.8) is 0 Å². The predicted octanol–water partition coefficient (Wildman–Crippen LogP) is 2.21. The standard InChI is InChI=1S/C14H22N2S/c1-17-10-7-14-12-16(9-8-15-14)11-13-5-3-2-4-6-13/h2-6,14-15H,7-12H2,1H3. The van der Waals surface area contributed by atoms with E-state index in [0.29, 0.717) is 6.04 Å². The second-order valence-electron chi connectivity index (χ2n) is 4.65. The van der Waals surface area contributed by atoms with Crippen LogP contribution in [0.2, 0.25) is 0 Å². The third-order valence-electron chi connectivity index (χ3n) is 3.26.